The Labute approximate surface area is 120 Å². The summed E-state index contributed by atoms with van der Waals surface area (Å²) in [7, 11) is 0. The largest absolute Gasteiger partial charge is 0.385 e. The van der Waals surface area contributed by atoms with Crippen molar-refractivity contribution < 1.29 is 0 Å². The Kier molecular flexibility index (Phi) is 5.97. The molecule has 2 rings (SSSR count). The van der Waals surface area contributed by atoms with Crippen molar-refractivity contribution in [1.29, 1.82) is 0 Å². The average molecular weight is 268 g/mol. The Morgan fingerprint density at radius 3 is 2.35 bits per heavy atom. The van der Waals surface area contributed by atoms with Gasteiger partial charge in [-0.25, -0.2) is 4.98 Å². The van der Waals surface area contributed by atoms with E-state index < -0.39 is 0 Å². The van der Waals surface area contributed by atoms with E-state index in [1.54, 1.807) is 23.4 Å². The smallest absolute Gasteiger partial charge is 0.138 e. The van der Waals surface area contributed by atoms with Crippen LogP contribution >= 0.6 is 0 Å². The zero-order valence-electron chi connectivity index (χ0n) is 12.0. The Bertz CT molecular complexity index is 564. The fourth-order valence-electron chi connectivity index (χ4n) is 1.62. The third-order valence-electron chi connectivity index (χ3n) is 2.39. The van der Waals surface area contributed by atoms with E-state index in [0.29, 0.717) is 5.82 Å². The number of hydrogen-bond acceptors (Lipinski definition) is 4. The highest BCUT2D eigenvalue weighted by atomic mass is 15.2. The van der Waals surface area contributed by atoms with Crippen LogP contribution in [-0.2, 0) is 0 Å². The van der Waals surface area contributed by atoms with Crippen LogP contribution in [-0.4, -0.2) is 9.97 Å². The summed E-state index contributed by atoms with van der Waals surface area (Å²) in [5, 5.41) is 0. The first-order chi connectivity index (χ1) is 9.61. The van der Waals surface area contributed by atoms with E-state index in [9.17, 15) is 0 Å². The molecule has 0 aromatic carbocycles. The molecule has 2 aromatic heterocycles. The number of anilines is 2. The van der Waals surface area contributed by atoms with Crippen LogP contribution in [0.25, 0.3) is 0 Å². The molecule has 0 fully saturated rings. The van der Waals surface area contributed by atoms with E-state index in [1.165, 1.54) is 0 Å². The normalized spacial score (nSPS) is 9.10. The summed E-state index contributed by atoms with van der Waals surface area (Å²) >= 11 is 0. The van der Waals surface area contributed by atoms with Crippen LogP contribution in [0.5, 0.6) is 0 Å². The first-order valence-corrected chi connectivity index (χ1v) is 6.26. The third-order valence-corrected chi connectivity index (χ3v) is 2.39. The molecule has 0 unspecified atom stereocenters. The number of nitrogens with two attached hydrogens (primary N) is 1. The molecule has 4 heteroatoms. The van der Waals surface area contributed by atoms with Gasteiger partial charge in [0, 0.05) is 12.4 Å². The number of aromatic nitrogens is 2. The van der Waals surface area contributed by atoms with E-state index in [2.05, 4.69) is 23.1 Å². The van der Waals surface area contributed by atoms with Gasteiger partial charge >= 0.3 is 0 Å². The maximum absolute atomic E-state index is 5.83. The summed E-state index contributed by atoms with van der Waals surface area (Å²) in [6.07, 6.45) is 5.21. The maximum atomic E-state index is 5.83. The van der Waals surface area contributed by atoms with Gasteiger partial charge in [-0.1, -0.05) is 18.7 Å². The molecule has 2 N–H and O–H groups in total. The lowest BCUT2D eigenvalue weighted by Gasteiger charge is -2.24. The van der Waals surface area contributed by atoms with E-state index in [4.69, 9.17) is 5.73 Å². The predicted octanol–water partition coefficient (Wildman–Crippen LogP) is 3.55. The van der Waals surface area contributed by atoms with Crippen molar-refractivity contribution in [3.05, 3.63) is 73.5 Å². The summed E-state index contributed by atoms with van der Waals surface area (Å²) in [6, 6.07) is 9.45. The number of hydrogen-bond donors (Lipinski definition) is 1. The number of allylic oxidation sites excluding steroid dienone is 1. The van der Waals surface area contributed by atoms with Gasteiger partial charge in [0.25, 0.3) is 0 Å². The van der Waals surface area contributed by atoms with Crippen LogP contribution in [0.15, 0.2) is 67.8 Å². The van der Waals surface area contributed by atoms with E-state index in [0.717, 1.165) is 17.2 Å². The second-order valence-electron chi connectivity index (χ2n) is 4.03. The van der Waals surface area contributed by atoms with Crippen LogP contribution in [0, 0.1) is 6.92 Å². The quantitative estimate of drug-likeness (QED) is 0.865. The van der Waals surface area contributed by atoms with Crippen molar-refractivity contribution in [2.75, 3.05) is 4.90 Å². The molecule has 20 heavy (non-hydrogen) atoms. The van der Waals surface area contributed by atoms with Crippen molar-refractivity contribution in [3.63, 3.8) is 0 Å². The molecule has 0 atom stereocenters. The van der Waals surface area contributed by atoms with Gasteiger partial charge in [0.15, 0.2) is 0 Å². The summed E-state index contributed by atoms with van der Waals surface area (Å²) in [5.41, 5.74) is 7.60. The van der Waals surface area contributed by atoms with Gasteiger partial charge in [0.05, 0.1) is 11.4 Å². The standard InChI is InChI=1S/C13H14N4.C3H6/c1-10-12(6-5-9-15-10)17(11(2)14)13-7-3-4-8-16-13;1-3-2/h3-9H,2,14H2,1H3;3H,1H2,2H3. The Morgan fingerprint density at radius 1 is 1.20 bits per heavy atom. The molecule has 0 saturated carbocycles. The van der Waals surface area contributed by atoms with Crippen molar-refractivity contribution in [2.45, 2.75) is 13.8 Å². The highest BCUT2D eigenvalue weighted by Crippen LogP contribution is 2.27. The van der Waals surface area contributed by atoms with Crippen LogP contribution in [0.1, 0.15) is 12.6 Å². The van der Waals surface area contributed by atoms with Gasteiger partial charge < -0.3 is 5.73 Å². The fourth-order valence-corrected chi connectivity index (χ4v) is 1.62. The zero-order chi connectivity index (χ0) is 15.0. The Morgan fingerprint density at radius 2 is 1.85 bits per heavy atom. The Balaban J connectivity index is 0.000000612. The monoisotopic (exact) mass is 268 g/mol. The topological polar surface area (TPSA) is 55.0 Å². The number of nitrogens with zero attached hydrogens (tertiary/aromatic N) is 3. The van der Waals surface area contributed by atoms with Crippen molar-refractivity contribution in [3.8, 4) is 0 Å². The lowest BCUT2D eigenvalue weighted by molar-refractivity contribution is 1.05. The molecular formula is C16H20N4. The van der Waals surface area contributed by atoms with E-state index in [1.807, 2.05) is 44.2 Å². The van der Waals surface area contributed by atoms with E-state index in [-0.39, 0.29) is 0 Å². The summed E-state index contributed by atoms with van der Waals surface area (Å²) in [6.45, 7) is 11.0. The number of aryl methyl sites for hydroxylation is 1. The van der Waals surface area contributed by atoms with Gasteiger partial charge in [-0.2, -0.15) is 0 Å². The molecule has 4 nitrogen and oxygen atoms in total. The molecule has 0 aliphatic heterocycles. The molecule has 104 valence electrons. The zero-order valence-corrected chi connectivity index (χ0v) is 12.0. The van der Waals surface area contributed by atoms with Crippen LogP contribution in [0.4, 0.5) is 11.5 Å². The lowest BCUT2D eigenvalue weighted by Crippen LogP contribution is -2.23. The average Bonchev–Trinajstić information content (AvgIpc) is 2.43. The summed E-state index contributed by atoms with van der Waals surface area (Å²) in [5.74, 6) is 1.15. The maximum Gasteiger partial charge on any atom is 0.138 e. The minimum Gasteiger partial charge on any atom is -0.385 e. The van der Waals surface area contributed by atoms with Crippen LogP contribution in [0.2, 0.25) is 0 Å². The molecule has 0 amide bonds. The SMILES string of the molecule is C=C(N)N(c1ccccn1)c1cccnc1C.C=CC. The summed E-state index contributed by atoms with van der Waals surface area (Å²) < 4.78 is 0. The number of pyridine rings is 2. The highest BCUT2D eigenvalue weighted by molar-refractivity contribution is 5.66. The molecule has 0 bridgehead atoms. The van der Waals surface area contributed by atoms with Crippen molar-refractivity contribution >= 4 is 11.5 Å². The van der Waals surface area contributed by atoms with Gasteiger partial charge in [-0.3, -0.25) is 9.88 Å². The van der Waals surface area contributed by atoms with E-state index >= 15 is 0 Å². The molecule has 0 spiro atoms. The van der Waals surface area contributed by atoms with Gasteiger partial charge in [0.1, 0.15) is 11.6 Å². The minimum absolute atomic E-state index is 0.416. The summed E-state index contributed by atoms with van der Waals surface area (Å²) in [4.78, 5) is 10.3. The molecule has 0 aliphatic carbocycles. The highest BCUT2D eigenvalue weighted by Gasteiger charge is 2.13. The second-order valence-corrected chi connectivity index (χ2v) is 4.03. The van der Waals surface area contributed by atoms with Crippen molar-refractivity contribution in [1.82, 2.24) is 9.97 Å². The predicted molar refractivity (Wildman–Crippen MR) is 84.5 cm³/mol. The fraction of sp³-hybridized carbons (Fsp3) is 0.125. The molecule has 0 radical (unpaired) electrons. The van der Waals surface area contributed by atoms with Crippen LogP contribution < -0.4 is 10.6 Å². The second kappa shape index (κ2) is 7.74. The van der Waals surface area contributed by atoms with Gasteiger partial charge in [-0.05, 0) is 38.1 Å². The molecule has 2 aromatic rings. The first-order valence-electron chi connectivity index (χ1n) is 6.26. The third kappa shape index (κ3) is 3.95. The molecule has 0 aliphatic rings. The minimum atomic E-state index is 0.416. The van der Waals surface area contributed by atoms with Crippen molar-refractivity contribution in [2.24, 2.45) is 5.73 Å². The molecule has 2 heterocycles. The molecule has 0 saturated heterocycles. The van der Waals surface area contributed by atoms with Crippen LogP contribution in [0.3, 0.4) is 0 Å². The van der Waals surface area contributed by atoms with Gasteiger partial charge in [0.2, 0.25) is 0 Å². The lowest BCUT2D eigenvalue weighted by atomic mass is 10.2. The first kappa shape index (κ1) is 15.4. The number of rotatable bonds is 3. The molecular weight excluding hydrogens is 248 g/mol. The Hall–Kier alpha value is -2.62. The van der Waals surface area contributed by atoms with Gasteiger partial charge in [-0.15, -0.1) is 6.58 Å².